The van der Waals surface area contributed by atoms with Gasteiger partial charge in [-0.2, -0.15) is 5.06 Å². The predicted molar refractivity (Wildman–Crippen MR) is 262 cm³/mol. The van der Waals surface area contributed by atoms with Crippen molar-refractivity contribution in [2.24, 2.45) is 0 Å². The minimum Gasteiger partial charge on any atom is -0.870 e. The molecule has 0 radical (unpaired) electrons. The molecule has 0 spiro atoms. The molecule has 22 heteroatoms. The maximum atomic E-state index is 11.6. The van der Waals surface area contributed by atoms with Crippen LogP contribution in [0.5, 0.6) is 23.0 Å². The molecule has 5 N–H and O–H groups in total. The molecule has 2 aliphatic rings. The number of aryl methyl sites for hydroxylation is 4. The minimum absolute atomic E-state index is 0. The summed E-state index contributed by atoms with van der Waals surface area (Å²) in [5.74, 6) is -1.10. The number of carboxylic acid groups (broad SMARTS) is 1. The number of aliphatic carboxylic acids is 1. The number of esters is 2. The van der Waals surface area contributed by atoms with Gasteiger partial charge in [-0.3, -0.25) is 38.8 Å². The van der Waals surface area contributed by atoms with Crippen LogP contribution in [-0.2, 0) is 78.4 Å². The molecule has 0 aliphatic carbocycles. The number of carboxylic acids is 1. The number of benzene rings is 4. The van der Waals surface area contributed by atoms with E-state index in [1.54, 1.807) is 57.7 Å². The topological polar surface area (TPSA) is 309 Å². The third kappa shape index (κ3) is 30.2. The summed E-state index contributed by atoms with van der Waals surface area (Å²) in [6.45, 7) is 0. The first-order valence-corrected chi connectivity index (χ1v) is 21.9. The zero-order valence-electron chi connectivity index (χ0n) is 43.6. The van der Waals surface area contributed by atoms with Crippen molar-refractivity contribution in [1.29, 1.82) is 0 Å². The summed E-state index contributed by atoms with van der Waals surface area (Å²) < 4.78 is 29.8. The predicted octanol–water partition coefficient (Wildman–Crippen LogP) is 2.46. The standard InChI is InChI=1S/C14H15NO5.C11H14O3.2C10H12O3.C4H5NO3.C2H2.CH4O.Li.H2O/c1-19-11-5-2-10(3-6-11)4-9-14(18)20-15-12(16)7-8-13(15)17;1-13-10-6-3-9(4-7-10)5-8-11(12)14-2;1-13-9-5-2-8(3-6-9)4-7-10(11)12;1-13-10(12)7-4-8-2-5-9(11)6-3-8;6-3-1-2-4(7)5(3)8;2*1-2;;/h2-3,5-6H,4,7-9H2,1H3;3-4,6-7H,5,8H2,1-2H3;2-3,5-6H,4,7H2,1H3,(H,11,12);2-3,5-6,11H,4,7H2,1H3;8H,1-2H2;1-2H;2H,1H3;;1H2/q;;;;;;;+1;/p-1/i;;;;;1D;;;. The molecule has 4 aromatic rings. The van der Waals surface area contributed by atoms with Crippen molar-refractivity contribution in [3.8, 4) is 35.8 Å². The first-order chi connectivity index (χ1) is 34.9. The molecular formula is C52H65LiN2O19. The van der Waals surface area contributed by atoms with Crippen molar-refractivity contribution in [2.45, 2.75) is 77.0 Å². The number of hydroxylamine groups is 4. The van der Waals surface area contributed by atoms with E-state index in [-0.39, 0.29) is 85.6 Å². The third-order valence-electron chi connectivity index (χ3n) is 9.57. The first-order valence-electron chi connectivity index (χ1n) is 22.4. The second-order valence-corrected chi connectivity index (χ2v) is 14.4. The summed E-state index contributed by atoms with van der Waals surface area (Å²) in [5.41, 5.74) is 4.09. The van der Waals surface area contributed by atoms with Gasteiger partial charge < -0.3 is 49.3 Å². The SMILES string of the molecule is CO.COC(=O)CCc1ccc(O)cc1.COC(=O)CCc1ccc(OC)cc1.COc1ccc(CCC(=O)O)cc1.COc1ccc(CCC(=O)ON2C(=O)CCC2=O)cc1.O=C1CCC(=O)N1O.[2H]C#C.[Li+].[OH-]. The van der Waals surface area contributed by atoms with E-state index in [2.05, 4.69) is 15.9 Å². The number of methoxy groups -OCH3 is 5. The second kappa shape index (κ2) is 41.8. The Hall–Kier alpha value is -7.72. The van der Waals surface area contributed by atoms with E-state index in [4.69, 9.17) is 40.9 Å². The number of imide groups is 2. The van der Waals surface area contributed by atoms with Gasteiger partial charge >= 0.3 is 42.7 Å². The smallest absolute Gasteiger partial charge is 0.870 e. The molecule has 398 valence electrons. The summed E-state index contributed by atoms with van der Waals surface area (Å²) in [6, 6.07) is 29.1. The van der Waals surface area contributed by atoms with E-state index in [9.17, 15) is 38.4 Å². The summed E-state index contributed by atoms with van der Waals surface area (Å²) in [7, 11) is 8.58. The van der Waals surface area contributed by atoms with Crippen LogP contribution in [0.3, 0.4) is 0 Å². The van der Waals surface area contributed by atoms with Crippen LogP contribution in [0, 0.1) is 12.8 Å². The van der Waals surface area contributed by atoms with Gasteiger partial charge in [0.15, 0.2) is 0 Å². The summed E-state index contributed by atoms with van der Waals surface area (Å²) >= 11 is 0. The average molecular weight is 1030 g/mol. The number of terminal acetylenes is 1. The molecule has 4 amide bonds. The molecule has 6 rings (SSSR count). The van der Waals surface area contributed by atoms with E-state index in [1.165, 1.54) is 20.6 Å². The minimum atomic E-state index is -0.768. The molecule has 0 unspecified atom stereocenters. The zero-order chi connectivity index (χ0) is 55.1. The maximum absolute atomic E-state index is 11.6. The van der Waals surface area contributed by atoms with Gasteiger partial charge in [0.1, 0.15) is 24.4 Å². The Morgan fingerprint density at radius 1 is 0.527 bits per heavy atom. The number of ether oxygens (including phenoxy) is 5. The number of carbonyl (C=O) groups excluding carboxylic acids is 7. The molecule has 2 fully saturated rings. The normalized spacial score (nSPS) is 11.5. The molecule has 2 saturated heterocycles. The number of amides is 4. The number of aliphatic hydroxyl groups is 1. The number of carbonyl (C=O) groups is 8. The number of hydrogen-bond acceptors (Lipinski definition) is 18. The number of phenols is 1. The number of hydrogen-bond donors (Lipinski definition) is 4. The van der Waals surface area contributed by atoms with E-state index in [0.717, 1.165) is 46.6 Å². The molecule has 2 heterocycles. The van der Waals surface area contributed by atoms with Crippen LogP contribution < -0.4 is 33.1 Å². The fraction of sp³-hybridized carbons (Fsp3) is 0.346. The molecule has 74 heavy (non-hydrogen) atoms. The molecule has 0 saturated carbocycles. The summed E-state index contributed by atoms with van der Waals surface area (Å²) in [5, 5.41) is 33.6. The van der Waals surface area contributed by atoms with E-state index >= 15 is 0 Å². The maximum Gasteiger partial charge on any atom is 1.00 e. The van der Waals surface area contributed by atoms with Gasteiger partial charge in [-0.25, -0.2) is 4.79 Å². The Bertz CT molecular complexity index is 2310. The van der Waals surface area contributed by atoms with Gasteiger partial charge in [0, 0.05) is 52.1 Å². The van der Waals surface area contributed by atoms with Crippen LogP contribution in [0.2, 0.25) is 0 Å². The zero-order valence-corrected chi connectivity index (χ0v) is 42.6. The summed E-state index contributed by atoms with van der Waals surface area (Å²) in [4.78, 5) is 91.3. The fourth-order valence-corrected chi connectivity index (χ4v) is 5.60. The number of aliphatic hydroxyl groups excluding tert-OH is 1. The van der Waals surface area contributed by atoms with E-state index < -0.39 is 35.6 Å². The number of rotatable bonds is 16. The van der Waals surface area contributed by atoms with E-state index in [0.29, 0.717) is 43.6 Å². The first kappa shape index (κ1) is 68.4. The van der Waals surface area contributed by atoms with E-state index in [1.807, 2.05) is 60.7 Å². The Morgan fingerprint density at radius 3 is 1.05 bits per heavy atom. The molecule has 0 atom stereocenters. The number of nitrogens with zero attached hydrogens (tertiary/aromatic N) is 2. The van der Waals surface area contributed by atoms with Crippen molar-refractivity contribution >= 4 is 47.5 Å². The Balaban J connectivity index is -0.000000858. The second-order valence-electron chi connectivity index (χ2n) is 14.4. The van der Waals surface area contributed by atoms with Gasteiger partial charge in [-0.15, -0.1) is 17.9 Å². The molecule has 4 aromatic carbocycles. The van der Waals surface area contributed by atoms with Crippen molar-refractivity contribution in [3.63, 3.8) is 0 Å². The van der Waals surface area contributed by atoms with Gasteiger partial charge in [0.25, 0.3) is 23.6 Å². The number of aromatic hydroxyl groups is 1. The van der Waals surface area contributed by atoms with Gasteiger partial charge in [-0.1, -0.05) is 48.5 Å². The monoisotopic (exact) mass is 1030 g/mol. The van der Waals surface area contributed by atoms with Gasteiger partial charge in [0.05, 0.1) is 42.0 Å². The van der Waals surface area contributed by atoms with Gasteiger partial charge in [0.2, 0.25) is 0 Å². The molecule has 0 bridgehead atoms. The Morgan fingerprint density at radius 2 is 0.797 bits per heavy atom. The van der Waals surface area contributed by atoms with Gasteiger partial charge in [-0.05, 0) is 96.5 Å². The van der Waals surface area contributed by atoms with Crippen molar-refractivity contribution in [3.05, 3.63) is 119 Å². The van der Waals surface area contributed by atoms with Crippen LogP contribution in [0.4, 0.5) is 0 Å². The summed E-state index contributed by atoms with van der Waals surface area (Å²) in [6.07, 6.45) is 9.72. The van der Waals surface area contributed by atoms with Crippen molar-refractivity contribution in [2.75, 3.05) is 42.7 Å². The van der Waals surface area contributed by atoms with Crippen LogP contribution in [0.1, 0.15) is 75.0 Å². The quantitative estimate of drug-likeness (QED) is 0.0412. The average Bonchev–Trinajstić information content (AvgIpc) is 3.89. The number of phenolic OH excluding ortho intramolecular Hbond substituents is 1. The molecule has 2 aliphatic heterocycles. The molecule has 0 aromatic heterocycles. The van der Waals surface area contributed by atoms with Crippen LogP contribution >= 0.6 is 0 Å². The van der Waals surface area contributed by atoms with Crippen LogP contribution in [0.25, 0.3) is 0 Å². The Kier molecular flexibility index (Phi) is 38.7. The molecular weight excluding hydrogens is 964 g/mol. The van der Waals surface area contributed by atoms with Crippen LogP contribution in [-0.4, -0.2) is 126 Å². The third-order valence-corrected chi connectivity index (χ3v) is 9.57. The van der Waals surface area contributed by atoms with Crippen molar-refractivity contribution < 1.29 is 113 Å². The molecule has 21 nitrogen and oxygen atoms in total. The Labute approximate surface area is 444 Å². The van der Waals surface area contributed by atoms with Crippen molar-refractivity contribution in [1.82, 2.24) is 10.1 Å². The largest absolute Gasteiger partial charge is 1.00 e. The van der Waals surface area contributed by atoms with Crippen LogP contribution in [0.15, 0.2) is 97.1 Å². The fourth-order valence-electron chi connectivity index (χ4n) is 5.60.